The summed E-state index contributed by atoms with van der Waals surface area (Å²) < 4.78 is 3.66. The lowest BCUT2D eigenvalue weighted by atomic mass is 9.85. The number of nitrogens with one attached hydrogen (secondary N) is 2. The summed E-state index contributed by atoms with van der Waals surface area (Å²) in [6, 6.07) is 17.6. The number of carbonyl (C=O) groups excluding carboxylic acids is 1. The van der Waals surface area contributed by atoms with Crippen molar-refractivity contribution >= 4 is 34.3 Å². The van der Waals surface area contributed by atoms with Crippen molar-refractivity contribution in [2.75, 3.05) is 49.8 Å². The number of benzene rings is 2. The third-order valence-corrected chi connectivity index (χ3v) is 7.84. The molecule has 0 fully saturated rings. The number of fused-ring (bicyclic) bond motifs is 1. The molecule has 0 saturated heterocycles. The highest BCUT2D eigenvalue weighted by Gasteiger charge is 2.22. The van der Waals surface area contributed by atoms with Crippen molar-refractivity contribution in [1.29, 1.82) is 5.26 Å². The van der Waals surface area contributed by atoms with Crippen LogP contribution in [0.1, 0.15) is 46.6 Å². The van der Waals surface area contributed by atoms with E-state index in [0.717, 1.165) is 58.2 Å². The van der Waals surface area contributed by atoms with Crippen LogP contribution in [-0.2, 0) is 12.5 Å². The Bertz CT molecular complexity index is 2000. The number of nitriles is 1. The van der Waals surface area contributed by atoms with Gasteiger partial charge in [-0.2, -0.15) is 10.4 Å². The summed E-state index contributed by atoms with van der Waals surface area (Å²) in [5, 5.41) is 20.5. The number of aryl methyl sites for hydroxylation is 2. The lowest BCUT2D eigenvalue weighted by molar-refractivity contribution is 0.102. The second kappa shape index (κ2) is 13.2. The molecule has 234 valence electrons. The Morgan fingerprint density at radius 3 is 2.54 bits per heavy atom. The fourth-order valence-corrected chi connectivity index (χ4v) is 4.88. The number of carbonyl (C=O) groups is 1. The van der Waals surface area contributed by atoms with Gasteiger partial charge in [0.25, 0.3) is 5.91 Å². The first kappa shape index (κ1) is 31.8. The molecule has 10 nitrogen and oxygen atoms in total. The topological polar surface area (TPSA) is 107 Å². The van der Waals surface area contributed by atoms with Crippen LogP contribution < -0.4 is 15.5 Å². The molecular formula is C36H39N9O. The van der Waals surface area contributed by atoms with Gasteiger partial charge in [-0.15, -0.1) is 0 Å². The van der Waals surface area contributed by atoms with Gasteiger partial charge in [-0.25, -0.2) is 4.98 Å². The lowest BCUT2D eigenvalue weighted by Crippen LogP contribution is -2.29. The molecule has 0 atom stereocenters. The van der Waals surface area contributed by atoms with Crippen molar-refractivity contribution in [3.8, 4) is 17.9 Å². The molecule has 2 N–H and O–H groups in total. The van der Waals surface area contributed by atoms with E-state index in [9.17, 15) is 10.1 Å². The molecule has 10 heteroatoms. The van der Waals surface area contributed by atoms with E-state index in [1.54, 1.807) is 23.1 Å². The molecule has 0 spiro atoms. The fourth-order valence-electron chi connectivity index (χ4n) is 4.88. The van der Waals surface area contributed by atoms with Crippen LogP contribution in [0.2, 0.25) is 0 Å². The van der Waals surface area contributed by atoms with Gasteiger partial charge in [0, 0.05) is 62.1 Å². The molecule has 3 heterocycles. The summed E-state index contributed by atoms with van der Waals surface area (Å²) in [4.78, 5) is 22.4. The van der Waals surface area contributed by atoms with Crippen molar-refractivity contribution in [3.05, 3.63) is 101 Å². The molecule has 0 aliphatic heterocycles. The van der Waals surface area contributed by atoms with Crippen LogP contribution in [0.25, 0.3) is 5.65 Å². The van der Waals surface area contributed by atoms with Gasteiger partial charge in [0.2, 0.25) is 0 Å². The Labute approximate surface area is 270 Å². The van der Waals surface area contributed by atoms with E-state index in [2.05, 4.69) is 48.4 Å². The fraction of sp³-hybridized carbons (Fsp3) is 0.278. The molecule has 0 radical (unpaired) electrons. The molecule has 0 unspecified atom stereocenters. The largest absolute Gasteiger partial charge is 0.373 e. The number of nitrogens with zero attached hydrogens (tertiary/aromatic N) is 7. The Balaban J connectivity index is 1.40. The molecule has 1 amide bonds. The summed E-state index contributed by atoms with van der Waals surface area (Å²) >= 11 is 0. The average Bonchev–Trinajstić information content (AvgIpc) is 3.65. The van der Waals surface area contributed by atoms with Gasteiger partial charge in [0.1, 0.15) is 5.69 Å². The van der Waals surface area contributed by atoms with E-state index in [-0.39, 0.29) is 5.91 Å². The molecule has 0 aliphatic rings. The zero-order valence-corrected chi connectivity index (χ0v) is 27.4. The van der Waals surface area contributed by atoms with Crippen LogP contribution >= 0.6 is 0 Å². The maximum Gasteiger partial charge on any atom is 0.255 e. The van der Waals surface area contributed by atoms with E-state index in [1.807, 2.05) is 108 Å². The number of aromatic nitrogens is 4. The minimum Gasteiger partial charge on any atom is -0.373 e. The second-order valence-electron chi connectivity index (χ2n) is 12.3. The first-order chi connectivity index (χ1) is 21.9. The summed E-state index contributed by atoms with van der Waals surface area (Å²) in [5.74, 6) is 6.24. The highest BCUT2D eigenvalue weighted by Crippen LogP contribution is 2.30. The van der Waals surface area contributed by atoms with Gasteiger partial charge in [-0.05, 0) is 94.4 Å². The van der Waals surface area contributed by atoms with Gasteiger partial charge < -0.3 is 20.4 Å². The van der Waals surface area contributed by atoms with E-state index >= 15 is 0 Å². The SMILES string of the molecule is Cc1ccc(C(=O)Nc2cc(N(C)CCN(C)C)cc(C(C)(C)C#N)c2)cc1C#Cc1cnc2c(Nc3cnn(C)c3)cccn12. The summed E-state index contributed by atoms with van der Waals surface area (Å²) in [6.45, 7) is 7.40. The third kappa shape index (κ3) is 7.20. The van der Waals surface area contributed by atoms with E-state index in [1.165, 1.54) is 0 Å². The second-order valence-corrected chi connectivity index (χ2v) is 12.3. The lowest BCUT2D eigenvalue weighted by Gasteiger charge is -2.25. The number of hydrogen-bond donors (Lipinski definition) is 2. The Morgan fingerprint density at radius 2 is 1.83 bits per heavy atom. The zero-order valence-electron chi connectivity index (χ0n) is 27.4. The minimum absolute atomic E-state index is 0.252. The number of amides is 1. The first-order valence-corrected chi connectivity index (χ1v) is 15.0. The number of pyridine rings is 1. The molecule has 0 aliphatic carbocycles. The number of hydrogen-bond acceptors (Lipinski definition) is 7. The molecular weight excluding hydrogens is 574 g/mol. The van der Waals surface area contributed by atoms with Gasteiger partial charge in [-0.1, -0.05) is 12.0 Å². The molecule has 2 aromatic carbocycles. The summed E-state index contributed by atoms with van der Waals surface area (Å²) in [5.41, 5.74) is 7.04. The Hall–Kier alpha value is -5.58. The van der Waals surface area contributed by atoms with Crippen LogP contribution in [0.3, 0.4) is 0 Å². The molecule has 46 heavy (non-hydrogen) atoms. The van der Waals surface area contributed by atoms with E-state index in [4.69, 9.17) is 0 Å². The van der Waals surface area contributed by atoms with Gasteiger partial charge >= 0.3 is 0 Å². The van der Waals surface area contributed by atoms with Crippen LogP contribution in [0.5, 0.6) is 0 Å². The minimum atomic E-state index is -0.724. The first-order valence-electron chi connectivity index (χ1n) is 15.0. The Kier molecular flexibility index (Phi) is 9.13. The molecule has 3 aromatic heterocycles. The predicted molar refractivity (Wildman–Crippen MR) is 184 cm³/mol. The maximum atomic E-state index is 13.5. The van der Waals surface area contributed by atoms with Gasteiger partial charge in [0.05, 0.1) is 35.3 Å². The van der Waals surface area contributed by atoms with Gasteiger partial charge in [-0.3, -0.25) is 13.9 Å². The maximum absolute atomic E-state index is 13.5. The quantitative estimate of drug-likeness (QED) is 0.209. The van der Waals surface area contributed by atoms with Crippen LogP contribution in [0.4, 0.5) is 22.7 Å². The van der Waals surface area contributed by atoms with Gasteiger partial charge in [0.15, 0.2) is 5.65 Å². The summed E-state index contributed by atoms with van der Waals surface area (Å²) in [7, 11) is 7.95. The molecule has 5 rings (SSSR count). The molecule has 0 saturated carbocycles. The number of anilines is 4. The number of rotatable bonds is 9. The molecule has 5 aromatic rings. The van der Waals surface area contributed by atoms with Crippen molar-refractivity contribution in [1.82, 2.24) is 24.1 Å². The Morgan fingerprint density at radius 1 is 1.02 bits per heavy atom. The van der Waals surface area contributed by atoms with Crippen LogP contribution in [-0.4, -0.2) is 64.2 Å². The average molecular weight is 614 g/mol. The number of likely N-dealkylation sites (N-methyl/N-ethyl adjacent to an activating group) is 2. The third-order valence-electron chi connectivity index (χ3n) is 7.84. The highest BCUT2D eigenvalue weighted by atomic mass is 16.1. The van der Waals surface area contributed by atoms with E-state index < -0.39 is 5.41 Å². The van der Waals surface area contributed by atoms with Crippen molar-refractivity contribution in [3.63, 3.8) is 0 Å². The summed E-state index contributed by atoms with van der Waals surface area (Å²) in [6.07, 6.45) is 7.32. The molecule has 0 bridgehead atoms. The number of imidazole rings is 1. The zero-order chi connectivity index (χ0) is 33.0. The normalized spacial score (nSPS) is 11.2. The van der Waals surface area contributed by atoms with Crippen LogP contribution in [0.15, 0.2) is 73.3 Å². The van der Waals surface area contributed by atoms with Crippen LogP contribution in [0, 0.1) is 30.1 Å². The van der Waals surface area contributed by atoms with Crippen molar-refractivity contribution in [2.45, 2.75) is 26.2 Å². The standard InChI is InChI=1S/C36H39N9O/c1-25-10-11-27(35(46)41-29-18-28(36(2,3)24-37)19-32(20-29)43(6)16-15-42(4)5)17-26(25)12-13-31-22-38-34-33(9-8-14-45(31)34)40-30-21-39-44(7)23-30/h8-11,14,17-23,40H,15-16H2,1-7H3,(H,41,46). The monoisotopic (exact) mass is 613 g/mol. The highest BCUT2D eigenvalue weighted by molar-refractivity contribution is 6.05. The predicted octanol–water partition coefficient (Wildman–Crippen LogP) is 5.57. The van der Waals surface area contributed by atoms with Crippen molar-refractivity contribution in [2.24, 2.45) is 7.05 Å². The smallest absolute Gasteiger partial charge is 0.255 e. The van der Waals surface area contributed by atoms with Crippen molar-refractivity contribution < 1.29 is 4.79 Å². The van der Waals surface area contributed by atoms with E-state index in [0.29, 0.717) is 11.3 Å².